The molecule has 32 heavy (non-hydrogen) atoms. The zero-order chi connectivity index (χ0) is 21.8. The van der Waals surface area contributed by atoms with E-state index >= 15 is 0 Å². The fourth-order valence-electron chi connectivity index (χ4n) is 3.72. The molecule has 2 heterocycles. The third kappa shape index (κ3) is 6.48. The normalized spacial score (nSPS) is 10.9. The summed E-state index contributed by atoms with van der Waals surface area (Å²) in [5.74, 6) is 1.70. The maximum Gasteiger partial charge on any atom is 0.200 e. The molecule has 6 heteroatoms. The molecule has 2 aromatic heterocycles. The molecule has 0 atom stereocenters. The first kappa shape index (κ1) is 21.7. The Morgan fingerprint density at radius 2 is 0.938 bits per heavy atom. The zero-order valence-corrected chi connectivity index (χ0v) is 18.5. The van der Waals surface area contributed by atoms with Crippen LogP contribution >= 0.6 is 0 Å². The van der Waals surface area contributed by atoms with Crippen molar-refractivity contribution in [1.82, 2.24) is 19.9 Å². The second-order valence-electron chi connectivity index (χ2n) is 8.00. The monoisotopic (exact) mass is 428 g/mol. The Bertz CT molecular complexity index is 953. The van der Waals surface area contributed by atoms with Crippen LogP contribution < -0.4 is 10.6 Å². The van der Waals surface area contributed by atoms with E-state index in [9.17, 15) is 0 Å². The van der Waals surface area contributed by atoms with E-state index in [1.54, 1.807) is 0 Å². The molecule has 0 fully saturated rings. The molecule has 0 aliphatic rings. The minimum atomic E-state index is 0.850. The molecule has 4 rings (SSSR count). The van der Waals surface area contributed by atoms with Crippen molar-refractivity contribution in [3.05, 3.63) is 73.1 Å². The molecular weight excluding hydrogens is 396 g/mol. The molecular formula is C26H32N6. The second kappa shape index (κ2) is 11.7. The molecule has 0 saturated heterocycles. The Morgan fingerprint density at radius 3 is 1.38 bits per heavy atom. The molecule has 6 nitrogen and oxygen atoms in total. The van der Waals surface area contributed by atoms with Crippen LogP contribution in [0.4, 0.5) is 11.9 Å². The third-order valence-corrected chi connectivity index (χ3v) is 5.51. The summed E-state index contributed by atoms with van der Waals surface area (Å²) in [7, 11) is 0. The van der Waals surface area contributed by atoms with Crippen LogP contribution in [0.5, 0.6) is 0 Å². The third-order valence-electron chi connectivity index (χ3n) is 5.51. The van der Waals surface area contributed by atoms with Gasteiger partial charge in [0.1, 0.15) is 0 Å². The van der Waals surface area contributed by atoms with Crippen molar-refractivity contribution >= 4 is 11.9 Å². The Morgan fingerprint density at radius 1 is 0.531 bits per heavy atom. The van der Waals surface area contributed by atoms with Gasteiger partial charge in [-0.15, -0.1) is 0 Å². The minimum absolute atomic E-state index is 0.850. The summed E-state index contributed by atoms with van der Waals surface area (Å²) in [6.45, 7) is 1.90. The molecule has 0 aliphatic carbocycles. The number of hydrogen-bond donors (Lipinski definition) is 4. The summed E-state index contributed by atoms with van der Waals surface area (Å²) in [4.78, 5) is 15.5. The van der Waals surface area contributed by atoms with Gasteiger partial charge in [0.15, 0.2) is 0 Å². The Hall–Kier alpha value is -3.54. The van der Waals surface area contributed by atoms with Crippen LogP contribution in [-0.4, -0.2) is 33.0 Å². The Labute approximate surface area is 189 Å². The van der Waals surface area contributed by atoms with Crippen LogP contribution in [0.3, 0.4) is 0 Å². The molecule has 0 spiro atoms. The average Bonchev–Trinajstić information content (AvgIpc) is 3.51. The number of H-pyrrole nitrogens is 2. The van der Waals surface area contributed by atoms with Gasteiger partial charge in [0.2, 0.25) is 11.9 Å². The van der Waals surface area contributed by atoms with Gasteiger partial charge in [-0.3, -0.25) is 0 Å². The predicted octanol–water partition coefficient (Wildman–Crippen LogP) is 6.33. The lowest BCUT2D eigenvalue weighted by Gasteiger charge is -2.05. The molecule has 0 bridgehead atoms. The van der Waals surface area contributed by atoms with Crippen LogP contribution in [0.15, 0.2) is 73.1 Å². The summed E-state index contributed by atoms with van der Waals surface area (Å²) in [5.41, 5.74) is 4.41. The maximum atomic E-state index is 4.42. The zero-order valence-electron chi connectivity index (χ0n) is 18.5. The summed E-state index contributed by atoms with van der Waals surface area (Å²) in [6.07, 6.45) is 11.1. The average molecular weight is 429 g/mol. The van der Waals surface area contributed by atoms with Gasteiger partial charge < -0.3 is 20.6 Å². The van der Waals surface area contributed by atoms with Gasteiger partial charge in [0, 0.05) is 13.1 Å². The van der Waals surface area contributed by atoms with E-state index in [1.807, 2.05) is 48.8 Å². The fraction of sp³-hybridized carbons (Fsp3) is 0.308. The lowest BCUT2D eigenvalue weighted by Crippen LogP contribution is -2.03. The van der Waals surface area contributed by atoms with E-state index in [2.05, 4.69) is 54.8 Å². The molecule has 0 saturated carbocycles. The van der Waals surface area contributed by atoms with E-state index in [0.717, 1.165) is 60.3 Å². The molecule has 0 aliphatic heterocycles. The summed E-state index contributed by atoms with van der Waals surface area (Å²) in [6, 6.07) is 20.6. The lowest BCUT2D eigenvalue weighted by molar-refractivity contribution is 0.609. The minimum Gasteiger partial charge on any atom is -0.356 e. The number of anilines is 2. The number of unbranched alkanes of at least 4 members (excludes halogenated alkanes) is 5. The molecule has 4 N–H and O–H groups in total. The van der Waals surface area contributed by atoms with Gasteiger partial charge in [0.25, 0.3) is 0 Å². The van der Waals surface area contributed by atoms with Crippen molar-refractivity contribution < 1.29 is 0 Å². The fourth-order valence-corrected chi connectivity index (χ4v) is 3.72. The van der Waals surface area contributed by atoms with Crippen LogP contribution in [0, 0.1) is 0 Å². The smallest absolute Gasteiger partial charge is 0.200 e. The summed E-state index contributed by atoms with van der Waals surface area (Å²) in [5, 5.41) is 6.78. The van der Waals surface area contributed by atoms with E-state index in [1.165, 1.54) is 25.7 Å². The summed E-state index contributed by atoms with van der Waals surface area (Å²) >= 11 is 0. The van der Waals surface area contributed by atoms with Crippen molar-refractivity contribution in [2.24, 2.45) is 0 Å². The molecule has 2 aromatic carbocycles. The number of benzene rings is 2. The highest BCUT2D eigenvalue weighted by molar-refractivity contribution is 5.60. The van der Waals surface area contributed by atoms with Crippen LogP contribution in [0.2, 0.25) is 0 Å². The first-order chi connectivity index (χ1) is 15.9. The van der Waals surface area contributed by atoms with Gasteiger partial charge in [-0.05, 0) is 24.0 Å². The number of imidazole rings is 2. The van der Waals surface area contributed by atoms with E-state index in [-0.39, 0.29) is 0 Å². The first-order valence-corrected chi connectivity index (χ1v) is 11.6. The lowest BCUT2D eigenvalue weighted by atomic mass is 10.1. The highest BCUT2D eigenvalue weighted by Crippen LogP contribution is 2.19. The molecule has 0 radical (unpaired) electrons. The van der Waals surface area contributed by atoms with Crippen molar-refractivity contribution in [1.29, 1.82) is 0 Å². The SMILES string of the molecule is c1ccc(-c2cnc(NCCCCCCCCNc3ncc(-c4ccccc4)[nH]3)[nH]2)cc1. The van der Waals surface area contributed by atoms with E-state index in [0.29, 0.717) is 0 Å². The van der Waals surface area contributed by atoms with E-state index in [4.69, 9.17) is 0 Å². The highest BCUT2D eigenvalue weighted by atomic mass is 15.1. The molecule has 4 aromatic rings. The van der Waals surface area contributed by atoms with Gasteiger partial charge in [0.05, 0.1) is 23.8 Å². The second-order valence-corrected chi connectivity index (χ2v) is 8.00. The van der Waals surface area contributed by atoms with Crippen LogP contribution in [0.1, 0.15) is 38.5 Å². The topological polar surface area (TPSA) is 81.4 Å². The standard InChI is InChI=1S/C26H32N6/c1(3-11-17-27-25-29-19-23(31-25)21-13-7-5-8-14-21)2-4-12-18-28-26-30-20-24(32-26)22-15-9-6-10-16-22/h5-10,13-16,19-20H,1-4,11-12,17-18H2,(H2,27,29,31)(H2,28,30,32). The quantitative estimate of drug-likeness (QED) is 0.188. The molecule has 0 amide bonds. The highest BCUT2D eigenvalue weighted by Gasteiger charge is 2.03. The number of nitrogens with one attached hydrogen (secondary N) is 4. The van der Waals surface area contributed by atoms with Crippen molar-refractivity contribution in [3.63, 3.8) is 0 Å². The van der Waals surface area contributed by atoms with Crippen LogP contribution in [0.25, 0.3) is 22.5 Å². The van der Waals surface area contributed by atoms with Gasteiger partial charge in [-0.25, -0.2) is 9.97 Å². The summed E-state index contributed by atoms with van der Waals surface area (Å²) < 4.78 is 0. The van der Waals surface area contributed by atoms with Crippen molar-refractivity contribution in [2.45, 2.75) is 38.5 Å². The number of hydrogen-bond acceptors (Lipinski definition) is 4. The van der Waals surface area contributed by atoms with Gasteiger partial charge in [-0.1, -0.05) is 86.3 Å². The Kier molecular flexibility index (Phi) is 7.96. The number of nitrogens with zero attached hydrogens (tertiary/aromatic N) is 2. The first-order valence-electron chi connectivity index (χ1n) is 11.6. The van der Waals surface area contributed by atoms with E-state index < -0.39 is 0 Å². The van der Waals surface area contributed by atoms with Crippen LogP contribution in [-0.2, 0) is 0 Å². The molecule has 166 valence electrons. The van der Waals surface area contributed by atoms with Crippen molar-refractivity contribution in [3.8, 4) is 22.5 Å². The maximum absolute atomic E-state index is 4.42. The predicted molar refractivity (Wildman–Crippen MR) is 133 cm³/mol. The largest absolute Gasteiger partial charge is 0.356 e. The molecule has 0 unspecified atom stereocenters. The number of rotatable bonds is 13. The number of aromatic nitrogens is 4. The Balaban J connectivity index is 1.02. The van der Waals surface area contributed by atoms with Gasteiger partial charge in [-0.2, -0.15) is 0 Å². The van der Waals surface area contributed by atoms with Crippen molar-refractivity contribution in [2.75, 3.05) is 23.7 Å². The van der Waals surface area contributed by atoms with Gasteiger partial charge >= 0.3 is 0 Å². The number of aromatic amines is 2.